The standard InChI is InChI=1S/C20H23NO4S/c1-14-8-9-15(2)18(10-14)26-13-20(23)25-12-19(22)21-11-16-6-4-5-7-17(16)24-3/h4-10H,11-13H2,1-3H3,(H,21,22). The average Bonchev–Trinajstić information content (AvgIpc) is 2.65. The fraction of sp³-hybridized carbons (Fsp3) is 0.300. The molecule has 0 heterocycles. The van der Waals surface area contributed by atoms with Crippen LogP contribution in [0.3, 0.4) is 0 Å². The van der Waals surface area contributed by atoms with E-state index < -0.39 is 5.97 Å². The van der Waals surface area contributed by atoms with Crippen LogP contribution in [-0.2, 0) is 20.9 Å². The number of amides is 1. The zero-order chi connectivity index (χ0) is 18.9. The summed E-state index contributed by atoms with van der Waals surface area (Å²) in [5, 5.41) is 2.72. The second kappa shape index (κ2) is 9.87. The number of hydrogen-bond acceptors (Lipinski definition) is 5. The number of carbonyl (C=O) groups is 2. The topological polar surface area (TPSA) is 64.6 Å². The summed E-state index contributed by atoms with van der Waals surface area (Å²) in [5.74, 6) is 0.114. The van der Waals surface area contributed by atoms with Crippen molar-refractivity contribution in [2.75, 3.05) is 19.5 Å². The molecule has 26 heavy (non-hydrogen) atoms. The van der Waals surface area contributed by atoms with Crippen LogP contribution in [0.15, 0.2) is 47.4 Å². The van der Waals surface area contributed by atoms with Gasteiger partial charge in [-0.3, -0.25) is 9.59 Å². The number of hydrogen-bond donors (Lipinski definition) is 1. The van der Waals surface area contributed by atoms with Crippen LogP contribution in [-0.4, -0.2) is 31.3 Å². The summed E-state index contributed by atoms with van der Waals surface area (Å²) >= 11 is 1.41. The van der Waals surface area contributed by atoms with E-state index in [2.05, 4.69) is 5.32 Å². The maximum absolute atomic E-state index is 11.9. The van der Waals surface area contributed by atoms with Gasteiger partial charge in [0.1, 0.15) is 5.75 Å². The fourth-order valence-electron chi connectivity index (χ4n) is 2.28. The summed E-state index contributed by atoms with van der Waals surface area (Å²) < 4.78 is 10.3. The molecule has 5 nitrogen and oxygen atoms in total. The molecule has 0 saturated heterocycles. The number of esters is 1. The Hall–Kier alpha value is -2.47. The first-order chi connectivity index (χ1) is 12.5. The van der Waals surface area contributed by atoms with Gasteiger partial charge >= 0.3 is 5.97 Å². The number of ether oxygens (including phenoxy) is 2. The number of rotatable bonds is 8. The molecule has 1 N–H and O–H groups in total. The van der Waals surface area contributed by atoms with Crippen LogP contribution < -0.4 is 10.1 Å². The molecule has 0 saturated carbocycles. The summed E-state index contributed by atoms with van der Waals surface area (Å²) in [6.45, 7) is 4.03. The van der Waals surface area contributed by atoms with E-state index in [0.29, 0.717) is 12.3 Å². The van der Waals surface area contributed by atoms with Gasteiger partial charge in [-0.05, 0) is 31.5 Å². The van der Waals surface area contributed by atoms with Gasteiger partial charge in [0, 0.05) is 17.0 Å². The van der Waals surface area contributed by atoms with Crippen LogP contribution in [0.5, 0.6) is 5.75 Å². The van der Waals surface area contributed by atoms with Crippen molar-refractivity contribution < 1.29 is 19.1 Å². The Labute approximate surface area is 158 Å². The van der Waals surface area contributed by atoms with E-state index in [1.807, 2.05) is 56.3 Å². The number of nitrogens with one attached hydrogen (secondary N) is 1. The fourth-order valence-corrected chi connectivity index (χ4v) is 3.20. The predicted octanol–water partition coefficient (Wildman–Crippen LogP) is 3.26. The Balaban J connectivity index is 1.73. The quantitative estimate of drug-likeness (QED) is 0.568. The Kier molecular flexibility index (Phi) is 7.53. The molecule has 0 fully saturated rings. The second-order valence-corrected chi connectivity index (χ2v) is 6.82. The summed E-state index contributed by atoms with van der Waals surface area (Å²) in [6.07, 6.45) is 0. The summed E-state index contributed by atoms with van der Waals surface area (Å²) in [7, 11) is 1.58. The third-order valence-electron chi connectivity index (χ3n) is 3.72. The monoisotopic (exact) mass is 373 g/mol. The Morgan fingerprint density at radius 2 is 1.88 bits per heavy atom. The van der Waals surface area contributed by atoms with Gasteiger partial charge in [-0.15, -0.1) is 11.8 Å². The molecule has 0 aliphatic heterocycles. The molecule has 138 valence electrons. The molecule has 0 radical (unpaired) electrons. The van der Waals surface area contributed by atoms with Crippen LogP contribution in [0.4, 0.5) is 0 Å². The highest BCUT2D eigenvalue weighted by atomic mass is 32.2. The van der Waals surface area contributed by atoms with Crippen molar-refractivity contribution in [3.8, 4) is 5.75 Å². The first kappa shape index (κ1) is 19.8. The van der Waals surface area contributed by atoms with Crippen molar-refractivity contribution in [3.63, 3.8) is 0 Å². The van der Waals surface area contributed by atoms with Gasteiger partial charge in [-0.2, -0.15) is 0 Å². The van der Waals surface area contributed by atoms with E-state index in [1.54, 1.807) is 7.11 Å². The van der Waals surface area contributed by atoms with E-state index in [1.165, 1.54) is 11.8 Å². The van der Waals surface area contributed by atoms with Gasteiger partial charge < -0.3 is 14.8 Å². The number of carbonyl (C=O) groups excluding carboxylic acids is 2. The molecule has 0 aromatic heterocycles. The molecule has 0 unspecified atom stereocenters. The first-order valence-electron chi connectivity index (χ1n) is 8.24. The zero-order valence-electron chi connectivity index (χ0n) is 15.2. The van der Waals surface area contributed by atoms with Crippen molar-refractivity contribution in [3.05, 3.63) is 59.2 Å². The Bertz CT molecular complexity index is 776. The molecular weight excluding hydrogens is 350 g/mol. The molecule has 0 spiro atoms. The van der Waals surface area contributed by atoms with Crippen LogP contribution in [0.2, 0.25) is 0 Å². The number of aryl methyl sites for hydroxylation is 2. The molecule has 0 atom stereocenters. The van der Waals surface area contributed by atoms with Gasteiger partial charge in [0.15, 0.2) is 6.61 Å². The van der Waals surface area contributed by atoms with Gasteiger partial charge in [-0.25, -0.2) is 0 Å². The number of thioether (sulfide) groups is 1. The van der Waals surface area contributed by atoms with Gasteiger partial charge in [0.05, 0.1) is 12.9 Å². The molecule has 2 aromatic carbocycles. The van der Waals surface area contributed by atoms with Crippen molar-refractivity contribution in [2.45, 2.75) is 25.3 Å². The number of para-hydroxylation sites is 1. The summed E-state index contributed by atoms with van der Waals surface area (Å²) in [5.41, 5.74) is 3.12. The third kappa shape index (κ3) is 6.11. The molecule has 0 aliphatic rings. The highest BCUT2D eigenvalue weighted by molar-refractivity contribution is 8.00. The van der Waals surface area contributed by atoms with Crippen molar-refractivity contribution in [2.24, 2.45) is 0 Å². The van der Waals surface area contributed by atoms with Gasteiger partial charge in [0.2, 0.25) is 0 Å². The smallest absolute Gasteiger partial charge is 0.316 e. The maximum atomic E-state index is 11.9. The Morgan fingerprint density at radius 3 is 2.65 bits per heavy atom. The molecule has 2 rings (SSSR count). The lowest BCUT2D eigenvalue weighted by Gasteiger charge is -2.10. The normalized spacial score (nSPS) is 10.3. The minimum absolute atomic E-state index is 0.171. The summed E-state index contributed by atoms with van der Waals surface area (Å²) in [4.78, 5) is 24.8. The second-order valence-electron chi connectivity index (χ2n) is 5.81. The van der Waals surface area contributed by atoms with E-state index >= 15 is 0 Å². The molecule has 6 heteroatoms. The highest BCUT2D eigenvalue weighted by Gasteiger charge is 2.10. The first-order valence-corrected chi connectivity index (χ1v) is 9.22. The van der Waals surface area contributed by atoms with E-state index in [9.17, 15) is 9.59 Å². The molecule has 0 aliphatic carbocycles. The molecular formula is C20H23NO4S. The summed E-state index contributed by atoms with van der Waals surface area (Å²) in [6, 6.07) is 13.5. The largest absolute Gasteiger partial charge is 0.496 e. The van der Waals surface area contributed by atoms with E-state index in [-0.39, 0.29) is 18.3 Å². The van der Waals surface area contributed by atoms with Gasteiger partial charge in [-0.1, -0.05) is 35.9 Å². The van der Waals surface area contributed by atoms with E-state index in [4.69, 9.17) is 9.47 Å². The average molecular weight is 373 g/mol. The maximum Gasteiger partial charge on any atom is 0.316 e. The minimum Gasteiger partial charge on any atom is -0.496 e. The highest BCUT2D eigenvalue weighted by Crippen LogP contribution is 2.23. The van der Waals surface area contributed by atoms with E-state index in [0.717, 1.165) is 21.6 Å². The third-order valence-corrected chi connectivity index (χ3v) is 4.85. The van der Waals surface area contributed by atoms with Crippen molar-refractivity contribution >= 4 is 23.6 Å². The SMILES string of the molecule is COc1ccccc1CNC(=O)COC(=O)CSc1cc(C)ccc1C. The van der Waals surface area contributed by atoms with Crippen LogP contribution in [0, 0.1) is 13.8 Å². The molecule has 2 aromatic rings. The molecule has 1 amide bonds. The van der Waals surface area contributed by atoms with Crippen LogP contribution in [0.1, 0.15) is 16.7 Å². The lowest BCUT2D eigenvalue weighted by molar-refractivity contribution is -0.145. The number of methoxy groups -OCH3 is 1. The van der Waals surface area contributed by atoms with Gasteiger partial charge in [0.25, 0.3) is 5.91 Å². The predicted molar refractivity (Wildman–Crippen MR) is 102 cm³/mol. The lowest BCUT2D eigenvalue weighted by Crippen LogP contribution is -2.28. The minimum atomic E-state index is -0.414. The van der Waals surface area contributed by atoms with Crippen molar-refractivity contribution in [1.29, 1.82) is 0 Å². The van der Waals surface area contributed by atoms with Crippen molar-refractivity contribution in [1.82, 2.24) is 5.32 Å². The lowest BCUT2D eigenvalue weighted by atomic mass is 10.2. The number of benzene rings is 2. The Morgan fingerprint density at radius 1 is 1.12 bits per heavy atom. The molecule has 0 bridgehead atoms. The van der Waals surface area contributed by atoms with Crippen LogP contribution >= 0.6 is 11.8 Å². The zero-order valence-corrected chi connectivity index (χ0v) is 16.0. The van der Waals surface area contributed by atoms with Crippen LogP contribution in [0.25, 0.3) is 0 Å².